The summed E-state index contributed by atoms with van der Waals surface area (Å²) >= 11 is 0. The van der Waals surface area contributed by atoms with Crippen LogP contribution in [0.1, 0.15) is 19.4 Å². The number of para-hydroxylation sites is 1. The number of nitrogens with zero attached hydrogens (tertiary/aromatic N) is 1. The highest BCUT2D eigenvalue weighted by Gasteiger charge is 2.52. The molecule has 4 heteroatoms. The molecule has 0 bridgehead atoms. The molecule has 0 saturated carbocycles. The smallest absolute Gasteiger partial charge is 0.264 e. The predicted molar refractivity (Wildman–Crippen MR) is 80.2 cm³/mol. The minimum atomic E-state index is -0.339. The molecule has 3 aliphatic rings. The molecule has 1 amide bonds. The van der Waals surface area contributed by atoms with E-state index in [9.17, 15) is 4.79 Å². The molecule has 1 N–H and O–H groups in total. The van der Waals surface area contributed by atoms with Crippen LogP contribution in [0.25, 0.3) is 0 Å². The van der Waals surface area contributed by atoms with Crippen LogP contribution >= 0.6 is 0 Å². The first-order chi connectivity index (χ1) is 10.1. The van der Waals surface area contributed by atoms with E-state index in [0.29, 0.717) is 18.3 Å². The van der Waals surface area contributed by atoms with E-state index in [2.05, 4.69) is 30.1 Å². The maximum atomic E-state index is 12.9. The SMILES string of the molecule is CC1(C)C2CNCC2CN1C(=O)C1Cc2ccccc2O1. The van der Waals surface area contributed by atoms with Crippen LogP contribution in [0.5, 0.6) is 5.75 Å². The van der Waals surface area contributed by atoms with Crippen LogP contribution in [-0.2, 0) is 11.2 Å². The van der Waals surface area contributed by atoms with Crippen molar-refractivity contribution in [2.24, 2.45) is 11.8 Å². The Kier molecular flexibility index (Phi) is 2.80. The van der Waals surface area contributed by atoms with Crippen molar-refractivity contribution in [3.63, 3.8) is 0 Å². The molecule has 0 radical (unpaired) electrons. The van der Waals surface area contributed by atoms with E-state index in [0.717, 1.165) is 30.9 Å². The van der Waals surface area contributed by atoms with Gasteiger partial charge in [0.05, 0.1) is 0 Å². The molecule has 1 aromatic carbocycles. The summed E-state index contributed by atoms with van der Waals surface area (Å²) in [6, 6.07) is 7.97. The summed E-state index contributed by atoms with van der Waals surface area (Å²) < 4.78 is 5.89. The molecule has 3 unspecified atom stereocenters. The molecule has 0 spiro atoms. The summed E-state index contributed by atoms with van der Waals surface area (Å²) in [7, 11) is 0. The Morgan fingerprint density at radius 1 is 1.33 bits per heavy atom. The first kappa shape index (κ1) is 13.1. The first-order valence-corrected chi connectivity index (χ1v) is 7.84. The number of hydrogen-bond donors (Lipinski definition) is 1. The van der Waals surface area contributed by atoms with Gasteiger partial charge in [-0.2, -0.15) is 0 Å². The molecule has 2 fully saturated rings. The van der Waals surface area contributed by atoms with Crippen molar-refractivity contribution in [1.82, 2.24) is 10.2 Å². The Morgan fingerprint density at radius 2 is 2.14 bits per heavy atom. The lowest BCUT2D eigenvalue weighted by atomic mass is 9.84. The molecule has 112 valence electrons. The summed E-state index contributed by atoms with van der Waals surface area (Å²) in [6.07, 6.45) is 0.364. The van der Waals surface area contributed by atoms with Crippen LogP contribution in [0, 0.1) is 11.8 Å². The lowest BCUT2D eigenvalue weighted by Crippen LogP contribution is -2.52. The third-order valence-corrected chi connectivity index (χ3v) is 5.55. The van der Waals surface area contributed by atoms with Gasteiger partial charge in [0, 0.05) is 31.6 Å². The summed E-state index contributed by atoms with van der Waals surface area (Å²) in [5, 5.41) is 3.45. The van der Waals surface area contributed by atoms with Gasteiger partial charge in [-0.1, -0.05) is 18.2 Å². The predicted octanol–water partition coefficient (Wildman–Crippen LogP) is 1.45. The van der Waals surface area contributed by atoms with Crippen molar-refractivity contribution >= 4 is 5.91 Å². The minimum absolute atomic E-state index is 0.0800. The second-order valence-electron chi connectivity index (χ2n) is 7.05. The van der Waals surface area contributed by atoms with E-state index in [1.165, 1.54) is 0 Å². The second-order valence-corrected chi connectivity index (χ2v) is 7.05. The molecule has 4 rings (SSSR count). The normalized spacial score (nSPS) is 32.7. The quantitative estimate of drug-likeness (QED) is 0.849. The van der Waals surface area contributed by atoms with Crippen molar-refractivity contribution in [3.8, 4) is 5.75 Å². The number of carbonyl (C=O) groups is 1. The first-order valence-electron chi connectivity index (χ1n) is 7.84. The van der Waals surface area contributed by atoms with Crippen molar-refractivity contribution in [1.29, 1.82) is 0 Å². The Bertz CT molecular complexity index is 559. The van der Waals surface area contributed by atoms with Gasteiger partial charge in [0.1, 0.15) is 5.75 Å². The average Bonchev–Trinajstić information content (AvgIpc) is 3.14. The van der Waals surface area contributed by atoms with Gasteiger partial charge >= 0.3 is 0 Å². The van der Waals surface area contributed by atoms with Gasteiger partial charge in [-0.3, -0.25) is 4.79 Å². The molecule has 21 heavy (non-hydrogen) atoms. The highest BCUT2D eigenvalue weighted by molar-refractivity contribution is 5.83. The van der Waals surface area contributed by atoms with Gasteiger partial charge < -0.3 is 15.0 Å². The van der Waals surface area contributed by atoms with Crippen LogP contribution in [-0.4, -0.2) is 42.1 Å². The highest BCUT2D eigenvalue weighted by atomic mass is 16.5. The number of amides is 1. The molecular formula is C17H22N2O2. The Morgan fingerprint density at radius 3 is 2.90 bits per heavy atom. The van der Waals surface area contributed by atoms with E-state index in [1.807, 2.05) is 18.2 Å². The Hall–Kier alpha value is -1.55. The molecule has 3 heterocycles. The number of hydrogen-bond acceptors (Lipinski definition) is 3. The lowest BCUT2D eigenvalue weighted by Gasteiger charge is -2.36. The van der Waals surface area contributed by atoms with Gasteiger partial charge in [-0.15, -0.1) is 0 Å². The molecule has 0 aromatic heterocycles. The van der Waals surface area contributed by atoms with E-state index in [-0.39, 0.29) is 17.6 Å². The molecular weight excluding hydrogens is 264 g/mol. The zero-order chi connectivity index (χ0) is 14.6. The van der Waals surface area contributed by atoms with Crippen molar-refractivity contribution < 1.29 is 9.53 Å². The maximum absolute atomic E-state index is 12.9. The van der Waals surface area contributed by atoms with Crippen LogP contribution < -0.4 is 10.1 Å². The van der Waals surface area contributed by atoms with Gasteiger partial charge in [-0.05, 0) is 37.3 Å². The number of benzene rings is 1. The maximum Gasteiger partial charge on any atom is 0.264 e. The van der Waals surface area contributed by atoms with Gasteiger partial charge in [0.2, 0.25) is 0 Å². The summed E-state index contributed by atoms with van der Waals surface area (Å²) in [6.45, 7) is 7.31. The fourth-order valence-electron chi connectivity index (χ4n) is 4.29. The third-order valence-electron chi connectivity index (χ3n) is 5.55. The average molecular weight is 286 g/mol. The number of nitrogens with one attached hydrogen (secondary N) is 1. The number of fused-ring (bicyclic) bond motifs is 2. The Labute approximate surface area is 125 Å². The van der Waals surface area contributed by atoms with Gasteiger partial charge in [0.15, 0.2) is 6.10 Å². The fourth-order valence-corrected chi connectivity index (χ4v) is 4.29. The molecule has 0 aliphatic carbocycles. The van der Waals surface area contributed by atoms with Gasteiger partial charge in [0.25, 0.3) is 5.91 Å². The van der Waals surface area contributed by atoms with Crippen molar-refractivity contribution in [2.45, 2.75) is 31.9 Å². The second kappa shape index (κ2) is 4.47. The van der Waals surface area contributed by atoms with E-state index < -0.39 is 0 Å². The highest BCUT2D eigenvalue weighted by Crippen LogP contribution is 2.41. The molecule has 3 aliphatic heterocycles. The number of ether oxygens (including phenoxy) is 1. The molecule has 2 saturated heterocycles. The number of likely N-dealkylation sites (tertiary alicyclic amines) is 1. The molecule has 3 atom stereocenters. The summed E-state index contributed by atoms with van der Waals surface area (Å²) in [4.78, 5) is 15.0. The monoisotopic (exact) mass is 286 g/mol. The standard InChI is InChI=1S/C17H22N2O2/c1-17(2)13-9-18-8-12(13)10-19(17)16(20)15-7-11-5-3-4-6-14(11)21-15/h3-6,12-13,15,18H,7-10H2,1-2H3. The minimum Gasteiger partial charge on any atom is -0.480 e. The van der Waals surface area contributed by atoms with Crippen LogP contribution in [0.15, 0.2) is 24.3 Å². The molecule has 1 aromatic rings. The number of carbonyl (C=O) groups excluding carboxylic acids is 1. The summed E-state index contributed by atoms with van der Waals surface area (Å²) in [5.74, 6) is 2.18. The lowest BCUT2D eigenvalue weighted by molar-refractivity contribution is -0.142. The van der Waals surface area contributed by atoms with E-state index in [4.69, 9.17) is 4.74 Å². The van der Waals surface area contributed by atoms with Crippen LogP contribution in [0.4, 0.5) is 0 Å². The Balaban J connectivity index is 1.54. The fraction of sp³-hybridized carbons (Fsp3) is 0.588. The largest absolute Gasteiger partial charge is 0.480 e. The van der Waals surface area contributed by atoms with E-state index in [1.54, 1.807) is 0 Å². The van der Waals surface area contributed by atoms with Crippen LogP contribution in [0.2, 0.25) is 0 Å². The van der Waals surface area contributed by atoms with Crippen molar-refractivity contribution in [3.05, 3.63) is 29.8 Å². The van der Waals surface area contributed by atoms with Gasteiger partial charge in [-0.25, -0.2) is 0 Å². The zero-order valence-electron chi connectivity index (χ0n) is 12.6. The third kappa shape index (κ3) is 1.89. The topological polar surface area (TPSA) is 41.6 Å². The number of rotatable bonds is 1. The molecule has 4 nitrogen and oxygen atoms in total. The van der Waals surface area contributed by atoms with E-state index >= 15 is 0 Å². The van der Waals surface area contributed by atoms with Crippen LogP contribution in [0.3, 0.4) is 0 Å². The summed E-state index contributed by atoms with van der Waals surface area (Å²) in [5.41, 5.74) is 1.07. The van der Waals surface area contributed by atoms with Crippen molar-refractivity contribution in [2.75, 3.05) is 19.6 Å². The zero-order valence-corrected chi connectivity index (χ0v) is 12.6.